The third-order valence-corrected chi connectivity index (χ3v) is 3.66. The zero-order valence-corrected chi connectivity index (χ0v) is 16.1. The molecule has 0 fully saturated rings. The molecule has 0 atom stereocenters. The van der Waals surface area contributed by atoms with Crippen molar-refractivity contribution in [2.24, 2.45) is 5.92 Å². The van der Waals surface area contributed by atoms with Crippen LogP contribution in [-0.4, -0.2) is 24.7 Å². The molecular formula is C20H24N2O3S. The molecule has 2 rings (SSSR count). The van der Waals surface area contributed by atoms with Gasteiger partial charge in [-0.1, -0.05) is 32.0 Å². The standard InChI is InChI=1S/C20H24N2O3S/c1-14(2)13-25-18-6-4-5-16(12-18)21-20(26)22-19(23)11-15-7-9-17(24-3)10-8-15/h4-10,12,14H,11,13H2,1-3H3,(H2,21,22,23,26). The van der Waals surface area contributed by atoms with Crippen LogP contribution >= 0.6 is 12.2 Å². The average Bonchev–Trinajstić information content (AvgIpc) is 2.60. The lowest BCUT2D eigenvalue weighted by molar-refractivity contribution is -0.119. The van der Waals surface area contributed by atoms with Gasteiger partial charge in [0.1, 0.15) is 11.5 Å². The zero-order chi connectivity index (χ0) is 18.9. The minimum absolute atomic E-state index is 0.181. The van der Waals surface area contributed by atoms with Crippen molar-refractivity contribution in [3.8, 4) is 11.5 Å². The van der Waals surface area contributed by atoms with E-state index >= 15 is 0 Å². The Bertz CT molecular complexity index is 745. The highest BCUT2D eigenvalue weighted by Gasteiger charge is 2.07. The first-order chi connectivity index (χ1) is 12.5. The summed E-state index contributed by atoms with van der Waals surface area (Å²) >= 11 is 5.21. The van der Waals surface area contributed by atoms with E-state index in [0.717, 1.165) is 22.7 Å². The van der Waals surface area contributed by atoms with Crippen molar-refractivity contribution in [3.63, 3.8) is 0 Å². The fourth-order valence-corrected chi connectivity index (χ4v) is 2.42. The molecule has 2 aromatic rings. The molecule has 0 aliphatic heterocycles. The zero-order valence-electron chi connectivity index (χ0n) is 15.2. The molecule has 0 aromatic heterocycles. The predicted molar refractivity (Wildman–Crippen MR) is 108 cm³/mol. The minimum atomic E-state index is -0.181. The Morgan fingerprint density at radius 3 is 2.50 bits per heavy atom. The van der Waals surface area contributed by atoms with Crippen LogP contribution < -0.4 is 20.1 Å². The van der Waals surface area contributed by atoms with Crippen molar-refractivity contribution in [1.82, 2.24) is 5.32 Å². The smallest absolute Gasteiger partial charge is 0.230 e. The first-order valence-corrected chi connectivity index (χ1v) is 8.83. The Balaban J connectivity index is 1.85. The van der Waals surface area contributed by atoms with Gasteiger partial charge >= 0.3 is 0 Å². The molecule has 0 bridgehead atoms. The van der Waals surface area contributed by atoms with Gasteiger partial charge in [0, 0.05) is 11.8 Å². The summed E-state index contributed by atoms with van der Waals surface area (Å²) in [7, 11) is 1.61. The van der Waals surface area contributed by atoms with E-state index in [0.29, 0.717) is 12.5 Å². The number of ether oxygens (including phenoxy) is 2. The molecule has 0 spiro atoms. The average molecular weight is 372 g/mol. The fourth-order valence-electron chi connectivity index (χ4n) is 2.19. The largest absolute Gasteiger partial charge is 0.497 e. The SMILES string of the molecule is COc1ccc(CC(=O)NC(=S)Nc2cccc(OCC(C)C)c2)cc1. The Morgan fingerprint density at radius 1 is 1.12 bits per heavy atom. The van der Waals surface area contributed by atoms with E-state index in [1.165, 1.54) is 0 Å². The molecule has 6 heteroatoms. The predicted octanol–water partition coefficient (Wildman–Crippen LogP) is 3.79. The molecular weight excluding hydrogens is 348 g/mol. The summed E-state index contributed by atoms with van der Waals surface area (Å²) < 4.78 is 10.8. The number of anilines is 1. The summed E-state index contributed by atoms with van der Waals surface area (Å²) in [5, 5.41) is 5.94. The number of thiocarbonyl (C=S) groups is 1. The molecule has 0 saturated carbocycles. The van der Waals surface area contributed by atoms with Gasteiger partial charge in [-0.25, -0.2) is 0 Å². The number of amides is 1. The maximum atomic E-state index is 12.1. The minimum Gasteiger partial charge on any atom is -0.497 e. The summed E-state index contributed by atoms with van der Waals surface area (Å²) in [6, 6.07) is 14.8. The fraction of sp³-hybridized carbons (Fsp3) is 0.300. The van der Waals surface area contributed by atoms with Crippen molar-refractivity contribution in [3.05, 3.63) is 54.1 Å². The van der Waals surface area contributed by atoms with Gasteiger partial charge in [-0.2, -0.15) is 0 Å². The van der Waals surface area contributed by atoms with E-state index in [1.807, 2.05) is 48.5 Å². The van der Waals surface area contributed by atoms with Crippen LogP contribution in [0.1, 0.15) is 19.4 Å². The Kier molecular flexibility index (Phi) is 7.41. The first-order valence-electron chi connectivity index (χ1n) is 8.43. The number of carbonyl (C=O) groups is 1. The molecule has 0 aliphatic rings. The van der Waals surface area contributed by atoms with Crippen LogP contribution in [0.2, 0.25) is 0 Å². The number of hydrogen-bond acceptors (Lipinski definition) is 4. The molecule has 2 N–H and O–H groups in total. The maximum Gasteiger partial charge on any atom is 0.230 e. The summed E-state index contributed by atoms with van der Waals surface area (Å²) in [5.41, 5.74) is 1.65. The number of carbonyl (C=O) groups excluding carboxylic acids is 1. The summed E-state index contributed by atoms with van der Waals surface area (Å²) in [6.45, 7) is 4.83. The highest BCUT2D eigenvalue weighted by atomic mass is 32.1. The van der Waals surface area contributed by atoms with Crippen LogP contribution in [0.4, 0.5) is 5.69 Å². The molecule has 138 valence electrons. The van der Waals surface area contributed by atoms with Gasteiger partial charge in [0.25, 0.3) is 0 Å². The lowest BCUT2D eigenvalue weighted by atomic mass is 10.1. The van der Waals surface area contributed by atoms with Crippen molar-refractivity contribution >= 4 is 28.9 Å². The van der Waals surface area contributed by atoms with Gasteiger partial charge in [0.15, 0.2) is 5.11 Å². The third kappa shape index (κ3) is 6.72. The monoisotopic (exact) mass is 372 g/mol. The molecule has 0 unspecified atom stereocenters. The Hall–Kier alpha value is -2.60. The lowest BCUT2D eigenvalue weighted by Gasteiger charge is -2.12. The molecule has 0 saturated heterocycles. The van der Waals surface area contributed by atoms with Crippen molar-refractivity contribution < 1.29 is 14.3 Å². The second-order valence-corrected chi connectivity index (χ2v) is 6.67. The van der Waals surface area contributed by atoms with Gasteiger partial charge < -0.3 is 20.1 Å². The topological polar surface area (TPSA) is 59.6 Å². The molecule has 5 nitrogen and oxygen atoms in total. The second-order valence-electron chi connectivity index (χ2n) is 6.26. The van der Waals surface area contributed by atoms with E-state index in [-0.39, 0.29) is 17.4 Å². The van der Waals surface area contributed by atoms with Gasteiger partial charge in [-0.15, -0.1) is 0 Å². The van der Waals surface area contributed by atoms with Gasteiger partial charge in [0.2, 0.25) is 5.91 Å². The van der Waals surface area contributed by atoms with E-state index in [4.69, 9.17) is 21.7 Å². The van der Waals surface area contributed by atoms with Crippen LogP contribution in [0.5, 0.6) is 11.5 Å². The van der Waals surface area contributed by atoms with Crippen LogP contribution in [-0.2, 0) is 11.2 Å². The lowest BCUT2D eigenvalue weighted by Crippen LogP contribution is -2.35. The number of rotatable bonds is 7. The van der Waals surface area contributed by atoms with E-state index < -0.39 is 0 Å². The first kappa shape index (κ1) is 19.7. The van der Waals surface area contributed by atoms with Gasteiger partial charge in [0.05, 0.1) is 20.1 Å². The van der Waals surface area contributed by atoms with Gasteiger partial charge in [-0.05, 0) is 48.0 Å². The summed E-state index contributed by atoms with van der Waals surface area (Å²) in [4.78, 5) is 12.1. The molecule has 0 radical (unpaired) electrons. The van der Waals surface area contributed by atoms with Crippen LogP contribution in [0.3, 0.4) is 0 Å². The van der Waals surface area contributed by atoms with Crippen molar-refractivity contribution in [2.45, 2.75) is 20.3 Å². The van der Waals surface area contributed by atoms with Crippen molar-refractivity contribution in [1.29, 1.82) is 0 Å². The third-order valence-electron chi connectivity index (χ3n) is 3.45. The number of nitrogens with one attached hydrogen (secondary N) is 2. The molecule has 2 aromatic carbocycles. The Labute approximate surface area is 159 Å². The second kappa shape index (κ2) is 9.77. The van der Waals surface area contributed by atoms with E-state index in [2.05, 4.69) is 24.5 Å². The molecule has 1 amide bonds. The van der Waals surface area contributed by atoms with Crippen LogP contribution in [0, 0.1) is 5.92 Å². The van der Waals surface area contributed by atoms with Crippen molar-refractivity contribution in [2.75, 3.05) is 19.0 Å². The van der Waals surface area contributed by atoms with E-state index in [1.54, 1.807) is 7.11 Å². The maximum absolute atomic E-state index is 12.1. The van der Waals surface area contributed by atoms with E-state index in [9.17, 15) is 4.79 Å². The molecule has 26 heavy (non-hydrogen) atoms. The van der Waals surface area contributed by atoms with Crippen LogP contribution in [0.15, 0.2) is 48.5 Å². The number of methoxy groups -OCH3 is 1. The highest BCUT2D eigenvalue weighted by Crippen LogP contribution is 2.18. The quantitative estimate of drug-likeness (QED) is 0.724. The number of benzene rings is 2. The number of hydrogen-bond donors (Lipinski definition) is 2. The van der Waals surface area contributed by atoms with Crippen LogP contribution in [0.25, 0.3) is 0 Å². The molecule has 0 heterocycles. The summed E-state index contributed by atoms with van der Waals surface area (Å²) in [6.07, 6.45) is 0.239. The Morgan fingerprint density at radius 2 is 1.85 bits per heavy atom. The van der Waals surface area contributed by atoms with Gasteiger partial charge in [-0.3, -0.25) is 4.79 Å². The normalized spacial score (nSPS) is 10.3. The highest BCUT2D eigenvalue weighted by molar-refractivity contribution is 7.80. The molecule has 0 aliphatic carbocycles. The summed E-state index contributed by atoms with van der Waals surface area (Å²) in [5.74, 6) is 1.78.